The van der Waals surface area contributed by atoms with Gasteiger partial charge in [0.05, 0.1) is 19.3 Å². The topological polar surface area (TPSA) is 66.8 Å². The van der Waals surface area contributed by atoms with Crippen molar-refractivity contribution in [3.8, 4) is 11.8 Å². The van der Waals surface area contributed by atoms with Crippen molar-refractivity contribution in [1.29, 1.82) is 0 Å². The third-order valence-corrected chi connectivity index (χ3v) is 1.98. The van der Waals surface area contributed by atoms with Gasteiger partial charge in [0.15, 0.2) is 0 Å². The Morgan fingerprint density at radius 1 is 1.40 bits per heavy atom. The summed E-state index contributed by atoms with van der Waals surface area (Å²) >= 11 is 0. The van der Waals surface area contributed by atoms with Gasteiger partial charge >= 0.3 is 5.97 Å². The second-order valence-electron chi connectivity index (χ2n) is 3.27. The van der Waals surface area contributed by atoms with Crippen LogP contribution in [0.15, 0.2) is 0 Å². The molecule has 0 aliphatic rings. The normalized spacial score (nSPS) is 13.6. The number of esters is 1. The van der Waals surface area contributed by atoms with E-state index in [4.69, 9.17) is 0 Å². The minimum Gasteiger partial charge on any atom is -0.459 e. The van der Waals surface area contributed by atoms with Crippen molar-refractivity contribution in [1.82, 2.24) is 0 Å². The fourth-order valence-corrected chi connectivity index (χ4v) is 1.02. The number of hydrogen-bond acceptors (Lipinski definition) is 4. The van der Waals surface area contributed by atoms with E-state index in [-0.39, 0.29) is 6.42 Å². The van der Waals surface area contributed by atoms with Gasteiger partial charge in [-0.2, -0.15) is 0 Å². The van der Waals surface area contributed by atoms with Crippen LogP contribution in [0.25, 0.3) is 0 Å². The SMILES string of the molecule is CCCC[C@H](O)[C@@H](O)CC#CC(=O)OC. The van der Waals surface area contributed by atoms with Gasteiger partial charge in [-0.05, 0) is 6.42 Å². The summed E-state index contributed by atoms with van der Waals surface area (Å²) in [6, 6.07) is 0. The zero-order chi connectivity index (χ0) is 11.7. The summed E-state index contributed by atoms with van der Waals surface area (Å²) in [5.74, 6) is 4.02. The van der Waals surface area contributed by atoms with Crippen molar-refractivity contribution in [3.63, 3.8) is 0 Å². The third kappa shape index (κ3) is 6.95. The Kier molecular flexibility index (Phi) is 7.69. The average molecular weight is 214 g/mol. The lowest BCUT2D eigenvalue weighted by molar-refractivity contribution is -0.133. The second-order valence-corrected chi connectivity index (χ2v) is 3.27. The van der Waals surface area contributed by atoms with Gasteiger partial charge in [0.1, 0.15) is 0 Å². The summed E-state index contributed by atoms with van der Waals surface area (Å²) in [6.45, 7) is 2.01. The molecule has 0 fully saturated rings. The van der Waals surface area contributed by atoms with Gasteiger partial charge in [0, 0.05) is 12.3 Å². The zero-order valence-electron chi connectivity index (χ0n) is 9.19. The summed E-state index contributed by atoms with van der Waals surface area (Å²) in [5, 5.41) is 18.9. The zero-order valence-corrected chi connectivity index (χ0v) is 9.19. The molecule has 86 valence electrons. The molecule has 4 nitrogen and oxygen atoms in total. The molecule has 2 N–H and O–H groups in total. The van der Waals surface area contributed by atoms with Crippen LogP contribution < -0.4 is 0 Å². The minimum atomic E-state index is -0.895. The fourth-order valence-electron chi connectivity index (χ4n) is 1.02. The molecular formula is C11H18O4. The molecule has 2 atom stereocenters. The second kappa shape index (κ2) is 8.27. The van der Waals surface area contributed by atoms with E-state index in [0.717, 1.165) is 12.8 Å². The maximum absolute atomic E-state index is 10.6. The number of ether oxygens (including phenoxy) is 1. The highest BCUT2D eigenvalue weighted by Crippen LogP contribution is 2.06. The van der Waals surface area contributed by atoms with Gasteiger partial charge in [-0.15, -0.1) is 0 Å². The molecule has 0 aliphatic carbocycles. The van der Waals surface area contributed by atoms with E-state index in [1.165, 1.54) is 7.11 Å². The number of aliphatic hydroxyl groups excluding tert-OH is 2. The number of methoxy groups -OCH3 is 1. The van der Waals surface area contributed by atoms with Crippen molar-refractivity contribution in [3.05, 3.63) is 0 Å². The Morgan fingerprint density at radius 2 is 2.07 bits per heavy atom. The lowest BCUT2D eigenvalue weighted by Crippen LogP contribution is -2.25. The van der Waals surface area contributed by atoms with Crippen LogP contribution in [0.2, 0.25) is 0 Å². The van der Waals surface area contributed by atoms with Crippen molar-refractivity contribution in [2.75, 3.05) is 7.11 Å². The first-order valence-electron chi connectivity index (χ1n) is 5.04. The van der Waals surface area contributed by atoms with Crippen LogP contribution in [-0.2, 0) is 9.53 Å². The number of aliphatic hydroxyl groups is 2. The Labute approximate surface area is 90.3 Å². The van der Waals surface area contributed by atoms with Gasteiger partial charge in [-0.1, -0.05) is 25.7 Å². The molecular weight excluding hydrogens is 196 g/mol. The van der Waals surface area contributed by atoms with Crippen LogP contribution in [-0.4, -0.2) is 35.5 Å². The molecule has 15 heavy (non-hydrogen) atoms. The molecule has 0 amide bonds. The first kappa shape index (κ1) is 13.9. The molecule has 0 saturated heterocycles. The van der Waals surface area contributed by atoms with Crippen LogP contribution in [0.1, 0.15) is 32.6 Å². The molecule has 0 aliphatic heterocycles. The average Bonchev–Trinajstić information content (AvgIpc) is 2.25. The maximum atomic E-state index is 10.6. The van der Waals surface area contributed by atoms with Gasteiger partial charge in [-0.25, -0.2) is 4.79 Å². The molecule has 0 radical (unpaired) electrons. The molecule has 0 aromatic carbocycles. The quantitative estimate of drug-likeness (QED) is 0.396. The van der Waals surface area contributed by atoms with Crippen LogP contribution in [0.5, 0.6) is 0 Å². The van der Waals surface area contributed by atoms with Crippen LogP contribution in [0, 0.1) is 11.8 Å². The lowest BCUT2D eigenvalue weighted by atomic mass is 10.1. The van der Waals surface area contributed by atoms with Crippen LogP contribution in [0.4, 0.5) is 0 Å². The maximum Gasteiger partial charge on any atom is 0.384 e. The van der Waals surface area contributed by atoms with E-state index < -0.39 is 18.2 Å². The summed E-state index contributed by atoms with van der Waals surface area (Å²) in [7, 11) is 1.24. The van der Waals surface area contributed by atoms with E-state index >= 15 is 0 Å². The molecule has 4 heteroatoms. The Hall–Kier alpha value is -1.05. The number of unbranched alkanes of at least 4 members (excludes halogenated alkanes) is 1. The lowest BCUT2D eigenvalue weighted by Gasteiger charge is -2.14. The molecule has 0 unspecified atom stereocenters. The summed E-state index contributed by atoms with van der Waals surface area (Å²) in [5.41, 5.74) is 0. The third-order valence-electron chi connectivity index (χ3n) is 1.98. The molecule has 0 aromatic heterocycles. The highest BCUT2D eigenvalue weighted by atomic mass is 16.5. The largest absolute Gasteiger partial charge is 0.459 e. The summed E-state index contributed by atoms with van der Waals surface area (Å²) in [6.07, 6.45) is 0.809. The Balaban J connectivity index is 3.84. The van der Waals surface area contributed by atoms with Crippen molar-refractivity contribution in [2.45, 2.75) is 44.8 Å². The molecule has 0 aromatic rings. The first-order chi connectivity index (χ1) is 7.11. The van der Waals surface area contributed by atoms with Crippen molar-refractivity contribution >= 4 is 5.97 Å². The number of carbonyl (C=O) groups excluding carboxylic acids is 1. The Morgan fingerprint density at radius 3 is 2.60 bits per heavy atom. The standard InChI is InChI=1S/C11H18O4/c1-3-4-6-9(12)10(13)7-5-8-11(14)15-2/h9-10,12-13H,3-4,6-7H2,1-2H3/t9-,10-/m0/s1. The van der Waals surface area contributed by atoms with Gasteiger partial charge in [0.2, 0.25) is 0 Å². The molecule has 0 rings (SSSR count). The minimum absolute atomic E-state index is 0.0833. The van der Waals surface area contributed by atoms with E-state index in [9.17, 15) is 15.0 Å². The first-order valence-corrected chi connectivity index (χ1v) is 5.04. The summed E-state index contributed by atoms with van der Waals surface area (Å²) < 4.78 is 4.30. The highest BCUT2D eigenvalue weighted by Gasteiger charge is 2.13. The number of carbonyl (C=O) groups is 1. The van der Waals surface area contributed by atoms with E-state index in [2.05, 4.69) is 16.6 Å². The molecule has 0 saturated carbocycles. The van der Waals surface area contributed by atoms with Gasteiger partial charge in [0.25, 0.3) is 0 Å². The van der Waals surface area contributed by atoms with Crippen molar-refractivity contribution in [2.24, 2.45) is 0 Å². The van der Waals surface area contributed by atoms with Gasteiger partial charge in [-0.3, -0.25) is 0 Å². The Bertz CT molecular complexity index is 239. The van der Waals surface area contributed by atoms with E-state index in [1.807, 2.05) is 6.92 Å². The fraction of sp³-hybridized carbons (Fsp3) is 0.727. The monoisotopic (exact) mass is 214 g/mol. The smallest absolute Gasteiger partial charge is 0.384 e. The number of rotatable bonds is 5. The molecule has 0 heterocycles. The predicted molar refractivity (Wildman–Crippen MR) is 55.9 cm³/mol. The predicted octanol–water partition coefficient (Wildman–Crippen LogP) is 0.465. The number of hydrogen-bond donors (Lipinski definition) is 2. The summed E-state index contributed by atoms with van der Waals surface area (Å²) in [4.78, 5) is 10.6. The van der Waals surface area contributed by atoms with Crippen LogP contribution in [0.3, 0.4) is 0 Å². The van der Waals surface area contributed by atoms with E-state index in [0.29, 0.717) is 6.42 Å². The molecule has 0 spiro atoms. The van der Waals surface area contributed by atoms with E-state index in [1.54, 1.807) is 0 Å². The van der Waals surface area contributed by atoms with Crippen molar-refractivity contribution < 1.29 is 19.7 Å². The molecule has 0 bridgehead atoms. The highest BCUT2D eigenvalue weighted by molar-refractivity contribution is 5.88. The van der Waals surface area contributed by atoms with Crippen LogP contribution >= 0.6 is 0 Å². The van der Waals surface area contributed by atoms with Gasteiger partial charge < -0.3 is 14.9 Å².